The molecular weight excluding hydrogens is 759 g/mol. The zero-order chi connectivity index (χ0) is 42.2. The zero-order valence-electron chi connectivity index (χ0n) is 34.0. The van der Waals surface area contributed by atoms with Gasteiger partial charge in [0.15, 0.2) is 0 Å². The lowest BCUT2D eigenvalue weighted by molar-refractivity contribution is -0.384. The van der Waals surface area contributed by atoms with Crippen molar-refractivity contribution in [2.24, 2.45) is 22.9 Å². The lowest BCUT2D eigenvalue weighted by Crippen LogP contribution is -2.70. The lowest BCUT2D eigenvalue weighted by Gasteiger charge is -2.60. The van der Waals surface area contributed by atoms with Gasteiger partial charge in [0, 0.05) is 55.9 Å². The van der Waals surface area contributed by atoms with Crippen LogP contribution in [0.3, 0.4) is 0 Å². The van der Waals surface area contributed by atoms with Crippen LogP contribution in [-0.2, 0) is 19.1 Å². The van der Waals surface area contributed by atoms with E-state index >= 15 is 0 Å². The first-order valence-electron chi connectivity index (χ1n) is 20.6. The van der Waals surface area contributed by atoms with Gasteiger partial charge in [0.05, 0.1) is 43.0 Å². The molecular formula is C45H59N3O11. The van der Waals surface area contributed by atoms with Crippen molar-refractivity contribution >= 4 is 23.4 Å². The summed E-state index contributed by atoms with van der Waals surface area (Å²) in [6.07, 6.45) is 13.3. The van der Waals surface area contributed by atoms with Gasteiger partial charge in [0.1, 0.15) is 30.8 Å². The van der Waals surface area contributed by atoms with Gasteiger partial charge in [-0.25, -0.2) is 0 Å². The molecule has 3 aliphatic rings. The van der Waals surface area contributed by atoms with Crippen LogP contribution >= 0.6 is 0 Å². The van der Waals surface area contributed by atoms with Crippen LogP contribution in [0.2, 0.25) is 0 Å². The molecule has 6 unspecified atom stereocenters. The summed E-state index contributed by atoms with van der Waals surface area (Å²) in [6, 6.07) is 10.9. The Morgan fingerprint density at radius 2 is 1.76 bits per heavy atom. The van der Waals surface area contributed by atoms with Gasteiger partial charge >= 0.3 is 0 Å². The number of carbonyl (C=O) groups excluding carboxylic acids is 1. The van der Waals surface area contributed by atoms with E-state index in [0.29, 0.717) is 48.8 Å². The Hall–Kier alpha value is -4.86. The average molecular weight is 818 g/mol. The standard InChI is InChI=1S/C45H59N3O11/c1-4-25-56-35-18-19-40-38(30-35)43-36(12-8-10-23-50)33(11-7-9-22-49)29-37-39(46-58-6-3)31-41(45(59-40,44(37)43)57-26-5-2)47(21-27-55-28-24-51)42(52)20-15-32-13-16-34(17-14-32)48(53)54/h4-5,13-20,29-30,33,36,41,43-44,49-51H,1-2,6-12,21-28,31H2,3H3. The number of ether oxygens (including phenoxy) is 4. The van der Waals surface area contributed by atoms with E-state index in [1.165, 1.54) is 18.2 Å². The minimum Gasteiger partial charge on any atom is -0.490 e. The van der Waals surface area contributed by atoms with Crippen LogP contribution in [0, 0.1) is 27.9 Å². The number of aliphatic hydroxyl groups is 3. The number of carbonyl (C=O) groups is 1. The van der Waals surface area contributed by atoms with Crippen LogP contribution in [0.25, 0.3) is 6.08 Å². The van der Waals surface area contributed by atoms with E-state index in [-0.39, 0.29) is 82.0 Å². The molecule has 14 heteroatoms. The summed E-state index contributed by atoms with van der Waals surface area (Å²) in [5, 5.41) is 45.2. The van der Waals surface area contributed by atoms with Crippen molar-refractivity contribution in [1.82, 2.24) is 4.90 Å². The van der Waals surface area contributed by atoms with E-state index in [1.807, 2.05) is 25.1 Å². The van der Waals surface area contributed by atoms with Crippen LogP contribution < -0.4 is 9.47 Å². The Bertz CT molecular complexity index is 1810. The van der Waals surface area contributed by atoms with Gasteiger partial charge in [-0.05, 0) is 92.0 Å². The van der Waals surface area contributed by atoms with Gasteiger partial charge in [-0.2, -0.15) is 0 Å². The fraction of sp³-hybridized carbons (Fsp3) is 0.511. The molecule has 0 bridgehead atoms. The van der Waals surface area contributed by atoms with Crippen molar-refractivity contribution in [2.75, 3.05) is 59.4 Å². The summed E-state index contributed by atoms with van der Waals surface area (Å²) in [5.74, 6) is -1.28. The minimum absolute atomic E-state index is 0.0316. The van der Waals surface area contributed by atoms with Gasteiger partial charge in [0.25, 0.3) is 5.69 Å². The van der Waals surface area contributed by atoms with Crippen LogP contribution in [0.15, 0.2) is 90.7 Å². The molecule has 0 spiro atoms. The summed E-state index contributed by atoms with van der Waals surface area (Å²) in [5.41, 5.74) is 3.02. The predicted octanol–water partition coefficient (Wildman–Crippen LogP) is 6.36. The van der Waals surface area contributed by atoms with Gasteiger partial charge in [0.2, 0.25) is 11.7 Å². The third-order valence-electron chi connectivity index (χ3n) is 11.2. The van der Waals surface area contributed by atoms with E-state index in [2.05, 4.69) is 19.2 Å². The van der Waals surface area contributed by atoms with Crippen molar-refractivity contribution in [2.45, 2.75) is 69.6 Å². The number of hydrogen-bond acceptors (Lipinski definition) is 12. The van der Waals surface area contributed by atoms with E-state index in [0.717, 1.165) is 36.8 Å². The fourth-order valence-electron chi connectivity index (χ4n) is 8.76. The first-order valence-corrected chi connectivity index (χ1v) is 20.6. The van der Waals surface area contributed by atoms with Crippen LogP contribution in [-0.4, -0.2) is 108 Å². The number of oxime groups is 1. The summed E-state index contributed by atoms with van der Waals surface area (Å²) in [7, 11) is 0. The molecule has 1 amide bonds. The smallest absolute Gasteiger partial charge is 0.269 e. The fourth-order valence-corrected chi connectivity index (χ4v) is 8.76. The van der Waals surface area contributed by atoms with Gasteiger partial charge in [-0.1, -0.05) is 42.8 Å². The Morgan fingerprint density at radius 1 is 1.02 bits per heavy atom. The maximum Gasteiger partial charge on any atom is 0.269 e. The molecule has 1 aliphatic heterocycles. The van der Waals surface area contributed by atoms with Crippen molar-refractivity contribution < 1.29 is 48.8 Å². The molecule has 2 aromatic carbocycles. The number of rotatable bonds is 25. The summed E-state index contributed by atoms with van der Waals surface area (Å²) in [4.78, 5) is 33.0. The first-order chi connectivity index (χ1) is 28.8. The zero-order valence-corrected chi connectivity index (χ0v) is 34.0. The second-order valence-corrected chi connectivity index (χ2v) is 14.8. The summed E-state index contributed by atoms with van der Waals surface area (Å²) in [6.45, 7) is 10.6. The van der Waals surface area contributed by atoms with E-state index in [4.69, 9.17) is 28.9 Å². The predicted molar refractivity (Wildman–Crippen MR) is 224 cm³/mol. The number of nitro benzene ring substituents is 1. The minimum atomic E-state index is -1.48. The van der Waals surface area contributed by atoms with Crippen molar-refractivity contribution in [1.29, 1.82) is 0 Å². The third kappa shape index (κ3) is 10.9. The number of allylic oxidation sites excluding steroid dienone is 1. The largest absolute Gasteiger partial charge is 0.490 e. The number of benzene rings is 2. The molecule has 320 valence electrons. The second kappa shape index (κ2) is 22.5. The van der Waals surface area contributed by atoms with Crippen molar-refractivity contribution in [3.63, 3.8) is 0 Å². The van der Waals surface area contributed by atoms with Gasteiger partial charge < -0.3 is 44.0 Å². The Balaban J connectivity index is 1.74. The van der Waals surface area contributed by atoms with E-state index in [1.54, 1.807) is 35.3 Å². The number of non-ortho nitro benzene ring substituents is 1. The lowest BCUT2D eigenvalue weighted by atomic mass is 9.55. The third-order valence-corrected chi connectivity index (χ3v) is 11.2. The quantitative estimate of drug-likeness (QED) is 0.0333. The second-order valence-electron chi connectivity index (χ2n) is 14.8. The first kappa shape index (κ1) is 45.2. The SMILES string of the molecule is C=CCOc1ccc2c(c1)C1C(CCCCO)C(CCCCO)C=C3C(=NOCC)CC(N(CCOCCO)C(=O)C=Cc4ccc([N+](=O)[O-])cc4)C(OCC=C)(O2)C31. The molecule has 3 N–H and O–H groups in total. The highest BCUT2D eigenvalue weighted by Crippen LogP contribution is 2.62. The molecule has 5 rings (SSSR count). The van der Waals surface area contributed by atoms with Gasteiger partial charge in [-0.15, -0.1) is 6.58 Å². The molecule has 2 aromatic rings. The normalized spacial score (nSPS) is 23.8. The highest BCUT2D eigenvalue weighted by molar-refractivity contribution is 6.03. The van der Waals surface area contributed by atoms with Crippen LogP contribution in [0.4, 0.5) is 5.69 Å². The number of unbranched alkanes of at least 4 members (excludes halogenated alkanes) is 2. The topological polar surface area (TPSA) is 183 Å². The molecule has 14 nitrogen and oxygen atoms in total. The Kier molecular flexibility index (Phi) is 17.2. The maximum atomic E-state index is 14.7. The molecule has 1 fully saturated rings. The maximum absolute atomic E-state index is 14.7. The number of fused-ring (bicyclic) bond motifs is 2. The molecule has 2 aliphatic carbocycles. The molecule has 0 aromatic heterocycles. The molecule has 1 saturated carbocycles. The highest BCUT2D eigenvalue weighted by atomic mass is 16.7. The highest BCUT2D eigenvalue weighted by Gasteiger charge is 2.65. The van der Waals surface area contributed by atoms with Crippen molar-refractivity contribution in [3.05, 3.63) is 107 Å². The van der Waals surface area contributed by atoms with Gasteiger partial charge in [-0.3, -0.25) is 14.9 Å². The van der Waals surface area contributed by atoms with E-state index in [9.17, 15) is 30.2 Å². The summed E-state index contributed by atoms with van der Waals surface area (Å²) >= 11 is 0. The van der Waals surface area contributed by atoms with E-state index < -0.39 is 22.7 Å². The Labute approximate surface area is 346 Å². The summed E-state index contributed by atoms with van der Waals surface area (Å²) < 4.78 is 26.0. The molecule has 59 heavy (non-hydrogen) atoms. The molecule has 0 radical (unpaired) electrons. The van der Waals surface area contributed by atoms with Crippen LogP contribution in [0.1, 0.15) is 68.9 Å². The molecule has 0 saturated heterocycles. The van der Waals surface area contributed by atoms with Crippen molar-refractivity contribution in [3.8, 4) is 11.5 Å². The number of nitrogens with zero attached hydrogens (tertiary/aromatic N) is 3. The monoisotopic (exact) mass is 817 g/mol. The number of hydrogen-bond donors (Lipinski definition) is 3. The average Bonchev–Trinajstić information content (AvgIpc) is 3.25. The Morgan fingerprint density at radius 3 is 2.44 bits per heavy atom. The molecule has 1 heterocycles. The number of amides is 1. The number of nitro groups is 1. The number of aliphatic hydroxyl groups excluding tert-OH is 3. The van der Waals surface area contributed by atoms with Crippen LogP contribution in [0.5, 0.6) is 11.5 Å². The molecule has 6 atom stereocenters.